The summed E-state index contributed by atoms with van der Waals surface area (Å²) in [6.45, 7) is 6.01. The first-order valence-corrected chi connectivity index (χ1v) is 8.39. The van der Waals surface area contributed by atoms with Gasteiger partial charge in [0.05, 0.1) is 7.11 Å². The van der Waals surface area contributed by atoms with E-state index >= 15 is 0 Å². The molecule has 2 rings (SSSR count). The molecule has 0 fully saturated rings. The molecule has 0 saturated carbocycles. The Morgan fingerprint density at radius 2 is 1.58 bits per heavy atom. The maximum Gasteiger partial charge on any atom is 0.220 e. The molecular formula is C21H27NO2. The number of rotatable bonds is 6. The van der Waals surface area contributed by atoms with E-state index in [1.807, 2.05) is 51.1 Å². The van der Waals surface area contributed by atoms with Crippen molar-refractivity contribution >= 4 is 5.91 Å². The Bertz CT molecular complexity index is 642. The summed E-state index contributed by atoms with van der Waals surface area (Å²) >= 11 is 0. The normalized spacial score (nSPS) is 12.5. The zero-order chi connectivity index (χ0) is 17.6. The first-order chi connectivity index (χ1) is 11.4. The standard InChI is InChI=1S/C21H27NO2/c1-21(2,3)22-20(23)15-14-19(16-8-6-5-7-9-16)17-10-12-18(24-4)13-11-17/h5-13,19H,14-15H2,1-4H3,(H,22,23)/t19-/m0/s1. The lowest BCUT2D eigenvalue weighted by atomic mass is 9.87. The zero-order valence-corrected chi connectivity index (χ0v) is 15.0. The predicted molar refractivity (Wildman–Crippen MR) is 98.4 cm³/mol. The van der Waals surface area contributed by atoms with Crippen LogP contribution in [0.1, 0.15) is 50.7 Å². The molecule has 0 unspecified atom stereocenters. The third-order valence-electron chi connectivity index (χ3n) is 3.89. The average molecular weight is 325 g/mol. The third kappa shape index (κ3) is 5.41. The molecule has 1 atom stereocenters. The van der Waals surface area contributed by atoms with Gasteiger partial charge < -0.3 is 10.1 Å². The second kappa shape index (κ2) is 8.00. The highest BCUT2D eigenvalue weighted by atomic mass is 16.5. The van der Waals surface area contributed by atoms with Gasteiger partial charge >= 0.3 is 0 Å². The Morgan fingerprint density at radius 3 is 2.12 bits per heavy atom. The van der Waals surface area contributed by atoms with Gasteiger partial charge in [0.15, 0.2) is 0 Å². The largest absolute Gasteiger partial charge is 0.497 e. The van der Waals surface area contributed by atoms with Gasteiger partial charge in [-0.15, -0.1) is 0 Å². The molecule has 3 nitrogen and oxygen atoms in total. The van der Waals surface area contributed by atoms with Crippen molar-refractivity contribution in [2.24, 2.45) is 0 Å². The molecule has 0 saturated heterocycles. The Balaban J connectivity index is 2.16. The van der Waals surface area contributed by atoms with E-state index in [-0.39, 0.29) is 17.4 Å². The van der Waals surface area contributed by atoms with Crippen LogP contribution < -0.4 is 10.1 Å². The molecule has 0 aromatic heterocycles. The summed E-state index contributed by atoms with van der Waals surface area (Å²) in [4.78, 5) is 12.2. The topological polar surface area (TPSA) is 38.3 Å². The van der Waals surface area contributed by atoms with Crippen LogP contribution >= 0.6 is 0 Å². The molecule has 0 aliphatic rings. The molecule has 128 valence electrons. The Labute approximate surface area is 145 Å². The molecular weight excluding hydrogens is 298 g/mol. The predicted octanol–water partition coefficient (Wildman–Crippen LogP) is 4.52. The average Bonchev–Trinajstić information content (AvgIpc) is 2.55. The molecule has 1 N–H and O–H groups in total. The fourth-order valence-corrected chi connectivity index (χ4v) is 2.80. The number of ether oxygens (including phenoxy) is 1. The van der Waals surface area contributed by atoms with Crippen molar-refractivity contribution in [3.8, 4) is 5.75 Å². The summed E-state index contributed by atoms with van der Waals surface area (Å²) in [5.74, 6) is 1.14. The maximum absolute atomic E-state index is 12.2. The van der Waals surface area contributed by atoms with Crippen molar-refractivity contribution in [3.63, 3.8) is 0 Å². The van der Waals surface area contributed by atoms with Crippen molar-refractivity contribution in [2.75, 3.05) is 7.11 Å². The van der Waals surface area contributed by atoms with E-state index in [2.05, 4.69) is 29.6 Å². The van der Waals surface area contributed by atoms with Gasteiger partial charge in [-0.1, -0.05) is 42.5 Å². The van der Waals surface area contributed by atoms with Crippen LogP contribution in [0.25, 0.3) is 0 Å². The van der Waals surface area contributed by atoms with E-state index in [4.69, 9.17) is 4.74 Å². The molecule has 3 heteroatoms. The molecule has 0 bridgehead atoms. The second-order valence-electron chi connectivity index (χ2n) is 7.07. The van der Waals surface area contributed by atoms with E-state index in [0.29, 0.717) is 6.42 Å². The highest BCUT2D eigenvalue weighted by Crippen LogP contribution is 2.30. The number of carbonyl (C=O) groups is 1. The molecule has 24 heavy (non-hydrogen) atoms. The fourth-order valence-electron chi connectivity index (χ4n) is 2.80. The van der Waals surface area contributed by atoms with Crippen LogP contribution in [0.15, 0.2) is 54.6 Å². The lowest BCUT2D eigenvalue weighted by Crippen LogP contribution is -2.40. The number of methoxy groups -OCH3 is 1. The van der Waals surface area contributed by atoms with Crippen molar-refractivity contribution < 1.29 is 9.53 Å². The molecule has 2 aromatic carbocycles. The van der Waals surface area contributed by atoms with Crippen LogP contribution in [-0.2, 0) is 4.79 Å². The van der Waals surface area contributed by atoms with Crippen LogP contribution in [0.4, 0.5) is 0 Å². The first kappa shape index (κ1) is 18.1. The van der Waals surface area contributed by atoms with Gasteiger partial charge in [-0.25, -0.2) is 0 Å². The summed E-state index contributed by atoms with van der Waals surface area (Å²) in [7, 11) is 1.67. The van der Waals surface area contributed by atoms with E-state index in [1.54, 1.807) is 7.11 Å². The van der Waals surface area contributed by atoms with Gasteiger partial charge in [0.25, 0.3) is 0 Å². The summed E-state index contributed by atoms with van der Waals surface area (Å²) in [6.07, 6.45) is 1.28. The summed E-state index contributed by atoms with van der Waals surface area (Å²) in [5, 5.41) is 3.04. The number of nitrogens with one attached hydrogen (secondary N) is 1. The van der Waals surface area contributed by atoms with Crippen LogP contribution in [0, 0.1) is 0 Å². The van der Waals surface area contributed by atoms with Crippen molar-refractivity contribution in [1.29, 1.82) is 0 Å². The van der Waals surface area contributed by atoms with E-state index in [9.17, 15) is 4.79 Å². The van der Waals surface area contributed by atoms with Crippen molar-refractivity contribution in [3.05, 3.63) is 65.7 Å². The molecule has 0 aliphatic heterocycles. The number of hydrogen-bond donors (Lipinski definition) is 1. The first-order valence-electron chi connectivity index (χ1n) is 8.39. The van der Waals surface area contributed by atoms with Gasteiger partial charge in [-0.3, -0.25) is 4.79 Å². The Kier molecular flexibility index (Phi) is 6.02. The third-order valence-corrected chi connectivity index (χ3v) is 3.89. The maximum atomic E-state index is 12.2. The lowest BCUT2D eigenvalue weighted by Gasteiger charge is -2.22. The highest BCUT2D eigenvalue weighted by Gasteiger charge is 2.18. The van der Waals surface area contributed by atoms with Crippen molar-refractivity contribution in [2.45, 2.75) is 45.1 Å². The number of carbonyl (C=O) groups excluding carboxylic acids is 1. The van der Waals surface area contributed by atoms with Crippen LogP contribution in [0.5, 0.6) is 5.75 Å². The van der Waals surface area contributed by atoms with E-state index in [0.717, 1.165) is 12.2 Å². The smallest absolute Gasteiger partial charge is 0.220 e. The van der Waals surface area contributed by atoms with Gasteiger partial charge in [0, 0.05) is 17.9 Å². The fraction of sp³-hybridized carbons (Fsp3) is 0.381. The molecule has 1 amide bonds. The molecule has 0 spiro atoms. The van der Waals surface area contributed by atoms with Gasteiger partial charge in [-0.2, -0.15) is 0 Å². The van der Waals surface area contributed by atoms with Crippen LogP contribution in [0.2, 0.25) is 0 Å². The molecule has 0 heterocycles. The highest BCUT2D eigenvalue weighted by molar-refractivity contribution is 5.76. The van der Waals surface area contributed by atoms with Crippen LogP contribution in [0.3, 0.4) is 0 Å². The lowest BCUT2D eigenvalue weighted by molar-refractivity contribution is -0.122. The Morgan fingerprint density at radius 1 is 1.00 bits per heavy atom. The minimum Gasteiger partial charge on any atom is -0.497 e. The summed E-state index contributed by atoms with van der Waals surface area (Å²) in [6, 6.07) is 18.5. The van der Waals surface area contributed by atoms with Gasteiger partial charge in [0.1, 0.15) is 5.75 Å². The molecule has 0 aliphatic carbocycles. The Hall–Kier alpha value is -2.29. The van der Waals surface area contributed by atoms with Gasteiger partial charge in [0.2, 0.25) is 5.91 Å². The van der Waals surface area contributed by atoms with E-state index in [1.165, 1.54) is 11.1 Å². The number of hydrogen-bond acceptors (Lipinski definition) is 2. The monoisotopic (exact) mass is 325 g/mol. The minimum absolute atomic E-state index is 0.0944. The molecule has 0 radical (unpaired) electrons. The SMILES string of the molecule is COc1ccc([C@@H](CCC(=O)NC(C)(C)C)c2ccccc2)cc1. The van der Waals surface area contributed by atoms with Crippen LogP contribution in [-0.4, -0.2) is 18.6 Å². The second-order valence-corrected chi connectivity index (χ2v) is 7.07. The number of amides is 1. The minimum atomic E-state index is -0.195. The summed E-state index contributed by atoms with van der Waals surface area (Å²) < 4.78 is 5.24. The number of benzene rings is 2. The summed E-state index contributed by atoms with van der Waals surface area (Å²) in [5.41, 5.74) is 2.23. The van der Waals surface area contributed by atoms with Crippen molar-refractivity contribution in [1.82, 2.24) is 5.32 Å². The molecule has 2 aromatic rings. The van der Waals surface area contributed by atoms with E-state index < -0.39 is 0 Å². The zero-order valence-electron chi connectivity index (χ0n) is 15.0. The quantitative estimate of drug-likeness (QED) is 0.848. The van der Waals surface area contributed by atoms with Gasteiger partial charge in [-0.05, 0) is 50.5 Å².